The van der Waals surface area contributed by atoms with E-state index in [1.807, 2.05) is 11.9 Å². The van der Waals surface area contributed by atoms with Gasteiger partial charge in [0, 0.05) is 31.8 Å². The van der Waals surface area contributed by atoms with Gasteiger partial charge in [-0.2, -0.15) is 0 Å². The van der Waals surface area contributed by atoms with E-state index in [0.717, 1.165) is 6.07 Å². The molecule has 1 aromatic rings. The number of methoxy groups -OCH3 is 1. The Labute approximate surface area is 105 Å². The first-order chi connectivity index (χ1) is 8.02. The molecule has 1 aromatic carbocycles. The minimum absolute atomic E-state index is 0.145. The van der Waals surface area contributed by atoms with Crippen molar-refractivity contribution in [3.8, 4) is 0 Å². The molecular weight excluding hydrogens is 248 g/mol. The lowest BCUT2D eigenvalue weighted by Crippen LogP contribution is -2.28. The first kappa shape index (κ1) is 14.4. The molecule has 0 aliphatic carbocycles. The van der Waals surface area contributed by atoms with Crippen molar-refractivity contribution in [2.24, 2.45) is 0 Å². The van der Waals surface area contributed by atoms with E-state index in [0.29, 0.717) is 25.3 Å². The van der Waals surface area contributed by atoms with Crippen molar-refractivity contribution < 1.29 is 13.5 Å². The summed E-state index contributed by atoms with van der Waals surface area (Å²) >= 11 is 5.99. The molecule has 1 rings (SSSR count). The lowest BCUT2D eigenvalue weighted by atomic mass is 10.2. The lowest BCUT2D eigenvalue weighted by molar-refractivity contribution is 0.181. The lowest BCUT2D eigenvalue weighted by Gasteiger charge is -2.19. The van der Waals surface area contributed by atoms with Crippen LogP contribution in [0.2, 0.25) is 0 Å². The molecule has 0 amide bonds. The van der Waals surface area contributed by atoms with Gasteiger partial charge in [-0.15, -0.1) is 11.6 Å². The number of rotatable bonds is 6. The van der Waals surface area contributed by atoms with Crippen molar-refractivity contribution in [1.29, 1.82) is 0 Å². The highest BCUT2D eigenvalue weighted by molar-refractivity contribution is 6.20. The van der Waals surface area contributed by atoms with E-state index in [9.17, 15) is 8.78 Å². The molecule has 0 saturated heterocycles. The van der Waals surface area contributed by atoms with E-state index >= 15 is 0 Å². The highest BCUT2D eigenvalue weighted by atomic mass is 35.5. The van der Waals surface area contributed by atoms with Gasteiger partial charge in [-0.3, -0.25) is 0 Å². The molecule has 0 heterocycles. The first-order valence-electron chi connectivity index (χ1n) is 5.28. The van der Waals surface area contributed by atoms with Gasteiger partial charge >= 0.3 is 0 Å². The van der Waals surface area contributed by atoms with E-state index in [1.165, 1.54) is 12.1 Å². The number of hydrogen-bond donors (Lipinski definition) is 0. The van der Waals surface area contributed by atoms with E-state index < -0.39 is 11.6 Å². The van der Waals surface area contributed by atoms with Gasteiger partial charge in [-0.05, 0) is 13.1 Å². The number of benzene rings is 1. The molecule has 0 bridgehead atoms. The normalized spacial score (nSPS) is 13.1. The van der Waals surface area contributed by atoms with Gasteiger partial charge in [0.25, 0.3) is 0 Å². The molecular formula is C12H16ClF2NO. The molecule has 0 aliphatic rings. The molecule has 0 saturated carbocycles. The van der Waals surface area contributed by atoms with Gasteiger partial charge in [-0.25, -0.2) is 8.78 Å². The summed E-state index contributed by atoms with van der Waals surface area (Å²) in [5, 5.41) is -0.145. The zero-order valence-electron chi connectivity index (χ0n) is 9.92. The van der Waals surface area contributed by atoms with Crippen LogP contribution in [0.5, 0.6) is 0 Å². The highest BCUT2D eigenvalue weighted by Gasteiger charge is 2.11. The van der Waals surface area contributed by atoms with Crippen molar-refractivity contribution in [3.63, 3.8) is 0 Å². The van der Waals surface area contributed by atoms with Crippen LogP contribution in [-0.2, 0) is 11.3 Å². The maximum Gasteiger partial charge on any atom is 0.130 e. The third-order valence-corrected chi connectivity index (χ3v) is 2.58. The zero-order chi connectivity index (χ0) is 12.8. The Bertz CT molecular complexity index is 362. The summed E-state index contributed by atoms with van der Waals surface area (Å²) in [6.07, 6.45) is 0. The van der Waals surface area contributed by atoms with E-state index in [4.69, 9.17) is 16.3 Å². The average molecular weight is 264 g/mol. The summed E-state index contributed by atoms with van der Waals surface area (Å²) in [7, 11) is 3.41. The van der Waals surface area contributed by atoms with Crippen LogP contribution in [0, 0.1) is 11.6 Å². The van der Waals surface area contributed by atoms with Crippen LogP contribution < -0.4 is 0 Å². The van der Waals surface area contributed by atoms with Crippen molar-refractivity contribution in [2.75, 3.05) is 27.3 Å². The summed E-state index contributed by atoms with van der Waals surface area (Å²) in [5.41, 5.74) is 0.454. The van der Waals surface area contributed by atoms with E-state index in [-0.39, 0.29) is 5.38 Å². The zero-order valence-corrected chi connectivity index (χ0v) is 10.7. The Balaban J connectivity index is 2.52. The molecule has 0 N–H and O–H groups in total. The number of nitrogens with zero attached hydrogens (tertiary/aromatic N) is 1. The van der Waals surface area contributed by atoms with Gasteiger partial charge in [0.1, 0.15) is 11.6 Å². The average Bonchev–Trinajstić information content (AvgIpc) is 2.22. The number of alkyl halides is 1. The van der Waals surface area contributed by atoms with Gasteiger partial charge in [0.15, 0.2) is 0 Å². The molecule has 0 radical (unpaired) electrons. The fourth-order valence-electron chi connectivity index (χ4n) is 1.58. The molecule has 1 unspecified atom stereocenters. The predicted molar refractivity (Wildman–Crippen MR) is 64.2 cm³/mol. The van der Waals surface area contributed by atoms with Crippen LogP contribution in [0.25, 0.3) is 0 Å². The third-order valence-electron chi connectivity index (χ3n) is 2.31. The Hall–Kier alpha value is -0.710. The summed E-state index contributed by atoms with van der Waals surface area (Å²) in [4.78, 5) is 1.87. The van der Waals surface area contributed by atoms with Crippen LogP contribution in [0.3, 0.4) is 0 Å². The summed E-state index contributed by atoms with van der Waals surface area (Å²) in [6.45, 7) is 1.41. The molecule has 0 fully saturated rings. The maximum absolute atomic E-state index is 13.4. The largest absolute Gasteiger partial charge is 0.383 e. The number of ether oxygens (including phenoxy) is 1. The van der Waals surface area contributed by atoms with Crippen LogP contribution in [0.15, 0.2) is 18.2 Å². The molecule has 2 nitrogen and oxygen atoms in total. The van der Waals surface area contributed by atoms with Crippen LogP contribution in [0.1, 0.15) is 5.56 Å². The second-order valence-corrected chi connectivity index (χ2v) is 4.60. The van der Waals surface area contributed by atoms with Gasteiger partial charge in [0.05, 0.1) is 12.0 Å². The Kier molecular flexibility index (Phi) is 5.82. The standard InChI is InChI=1S/C12H16ClF2NO/c1-16(7-10(13)8-17-2)6-9-3-4-11(14)5-12(9)15/h3-5,10H,6-8H2,1-2H3. The van der Waals surface area contributed by atoms with Crippen molar-refractivity contribution in [2.45, 2.75) is 11.9 Å². The molecule has 0 spiro atoms. The van der Waals surface area contributed by atoms with Crippen molar-refractivity contribution in [1.82, 2.24) is 4.90 Å². The SMILES string of the molecule is COCC(Cl)CN(C)Cc1ccc(F)cc1F. The quantitative estimate of drug-likeness (QED) is 0.732. The van der Waals surface area contributed by atoms with Crippen molar-refractivity contribution in [3.05, 3.63) is 35.4 Å². The summed E-state index contributed by atoms with van der Waals surface area (Å²) in [5.74, 6) is -1.10. The maximum atomic E-state index is 13.4. The van der Waals surface area contributed by atoms with E-state index in [2.05, 4.69) is 0 Å². The molecule has 1 atom stereocenters. The molecule has 17 heavy (non-hydrogen) atoms. The fraction of sp³-hybridized carbons (Fsp3) is 0.500. The topological polar surface area (TPSA) is 12.5 Å². The van der Waals surface area contributed by atoms with E-state index in [1.54, 1.807) is 7.11 Å². The monoisotopic (exact) mass is 263 g/mol. The van der Waals surface area contributed by atoms with Crippen LogP contribution >= 0.6 is 11.6 Å². The predicted octanol–water partition coefficient (Wildman–Crippen LogP) is 2.65. The summed E-state index contributed by atoms with van der Waals surface area (Å²) < 4.78 is 31.0. The minimum atomic E-state index is -0.566. The number of halogens is 3. The highest BCUT2D eigenvalue weighted by Crippen LogP contribution is 2.12. The van der Waals surface area contributed by atoms with Crippen LogP contribution in [0.4, 0.5) is 8.78 Å². The Morgan fingerprint density at radius 3 is 2.71 bits per heavy atom. The molecule has 0 aliphatic heterocycles. The minimum Gasteiger partial charge on any atom is -0.383 e. The van der Waals surface area contributed by atoms with Gasteiger partial charge in [0.2, 0.25) is 0 Å². The Morgan fingerprint density at radius 1 is 1.41 bits per heavy atom. The second-order valence-electron chi connectivity index (χ2n) is 3.99. The third kappa shape index (κ3) is 4.98. The van der Waals surface area contributed by atoms with Crippen LogP contribution in [-0.4, -0.2) is 37.6 Å². The first-order valence-corrected chi connectivity index (χ1v) is 5.72. The number of hydrogen-bond acceptors (Lipinski definition) is 2. The van der Waals surface area contributed by atoms with Crippen molar-refractivity contribution >= 4 is 11.6 Å². The Morgan fingerprint density at radius 2 is 2.12 bits per heavy atom. The molecule has 0 aromatic heterocycles. The molecule has 96 valence electrons. The second kappa shape index (κ2) is 6.89. The molecule has 5 heteroatoms. The fourth-order valence-corrected chi connectivity index (χ4v) is 1.94. The summed E-state index contributed by atoms with van der Waals surface area (Å²) in [6, 6.07) is 3.58. The smallest absolute Gasteiger partial charge is 0.130 e. The van der Waals surface area contributed by atoms with Gasteiger partial charge < -0.3 is 9.64 Å². The van der Waals surface area contributed by atoms with Gasteiger partial charge in [-0.1, -0.05) is 6.07 Å².